The summed E-state index contributed by atoms with van der Waals surface area (Å²) in [5, 5.41) is 49.3. The molecule has 10 heteroatoms. The van der Waals surface area contributed by atoms with Crippen LogP contribution in [-0.2, 0) is 23.7 Å². The molecule has 27 heavy (non-hydrogen) atoms. The highest BCUT2D eigenvalue weighted by Crippen LogP contribution is 2.43. The zero-order valence-corrected chi connectivity index (χ0v) is 14.9. The van der Waals surface area contributed by atoms with Crippen molar-refractivity contribution in [3.8, 4) is 0 Å². The highest BCUT2D eigenvalue weighted by Gasteiger charge is 2.48. The zero-order valence-electron chi connectivity index (χ0n) is 14.9. The maximum atomic E-state index is 12.0. The molecule has 3 aliphatic rings. The van der Waals surface area contributed by atoms with E-state index >= 15 is 0 Å². The topological polar surface area (TPSA) is 155 Å². The molecular formula is C17H24O10. The Balaban J connectivity index is 1.84. The minimum Gasteiger partial charge on any atom is -0.468 e. The lowest BCUT2D eigenvalue weighted by Gasteiger charge is -2.41. The van der Waals surface area contributed by atoms with E-state index in [-0.39, 0.29) is 12.0 Å². The molecule has 5 N–H and O–H groups in total. The minimum absolute atomic E-state index is 0.233. The number of fused-ring (bicyclic) bond motifs is 1. The Labute approximate surface area is 155 Å². The van der Waals surface area contributed by atoms with Gasteiger partial charge in [0.15, 0.2) is 6.29 Å². The Kier molecular flexibility index (Phi) is 5.87. The van der Waals surface area contributed by atoms with Gasteiger partial charge in [0.1, 0.15) is 24.4 Å². The predicted octanol–water partition coefficient (Wildman–Crippen LogP) is -2.09. The number of methoxy groups -OCH3 is 1. The number of rotatable bonds is 4. The van der Waals surface area contributed by atoms with Crippen LogP contribution in [0.3, 0.4) is 0 Å². The second-order valence-corrected chi connectivity index (χ2v) is 6.81. The Bertz CT molecular complexity index is 642. The van der Waals surface area contributed by atoms with Crippen LogP contribution in [0, 0.1) is 5.92 Å². The van der Waals surface area contributed by atoms with Gasteiger partial charge in [-0.15, -0.1) is 0 Å². The number of esters is 1. The van der Waals surface area contributed by atoms with Gasteiger partial charge >= 0.3 is 5.97 Å². The van der Waals surface area contributed by atoms with Gasteiger partial charge in [0.25, 0.3) is 0 Å². The number of ether oxygens (including phenoxy) is 4. The SMILES string of the molecule is COC(=O)C1=COC(OC2OC(CO)C(O)C(O)C2O)C2=C(C)C(O)CC12. The van der Waals surface area contributed by atoms with Crippen LogP contribution in [0.25, 0.3) is 0 Å². The van der Waals surface area contributed by atoms with Crippen LogP contribution in [0.2, 0.25) is 0 Å². The second-order valence-electron chi connectivity index (χ2n) is 6.81. The molecule has 3 rings (SSSR count). The van der Waals surface area contributed by atoms with Crippen LogP contribution in [0.5, 0.6) is 0 Å². The van der Waals surface area contributed by atoms with Gasteiger partial charge in [-0.05, 0) is 18.9 Å². The Morgan fingerprint density at radius 3 is 2.56 bits per heavy atom. The lowest BCUT2D eigenvalue weighted by Crippen LogP contribution is -2.60. The molecule has 0 radical (unpaired) electrons. The number of aliphatic hydroxyl groups is 5. The van der Waals surface area contributed by atoms with E-state index in [1.165, 1.54) is 13.4 Å². The van der Waals surface area contributed by atoms with Gasteiger partial charge in [0.2, 0.25) is 6.29 Å². The molecule has 0 saturated carbocycles. The third kappa shape index (κ3) is 3.49. The van der Waals surface area contributed by atoms with Gasteiger partial charge in [0, 0.05) is 11.5 Å². The molecule has 1 aliphatic carbocycles. The maximum absolute atomic E-state index is 12.0. The normalized spacial score (nSPS) is 41.7. The van der Waals surface area contributed by atoms with Crippen molar-refractivity contribution in [2.75, 3.05) is 13.7 Å². The molecule has 0 aromatic heterocycles. The van der Waals surface area contributed by atoms with E-state index in [2.05, 4.69) is 0 Å². The van der Waals surface area contributed by atoms with Crippen LogP contribution in [0.4, 0.5) is 0 Å². The van der Waals surface area contributed by atoms with Crippen LogP contribution in [0.15, 0.2) is 23.0 Å². The average molecular weight is 388 g/mol. The standard InChI is InChI=1S/C17H24O10/c1-6-9(19)3-7-8(15(23)24-2)5-25-16(11(6)7)27-17-14(22)13(21)12(20)10(4-18)26-17/h5,7,9-10,12-14,16-22H,3-4H2,1-2H3. The van der Waals surface area contributed by atoms with Crippen LogP contribution in [0.1, 0.15) is 13.3 Å². The van der Waals surface area contributed by atoms with Crippen molar-refractivity contribution >= 4 is 5.97 Å². The number of aliphatic hydroxyl groups excluding tert-OH is 5. The molecule has 0 spiro atoms. The van der Waals surface area contributed by atoms with Crippen LogP contribution >= 0.6 is 0 Å². The Morgan fingerprint density at radius 2 is 1.93 bits per heavy atom. The zero-order chi connectivity index (χ0) is 19.9. The van der Waals surface area contributed by atoms with Crippen LogP contribution in [-0.4, -0.2) is 88.3 Å². The van der Waals surface area contributed by atoms with Crippen molar-refractivity contribution in [3.63, 3.8) is 0 Å². The third-order valence-electron chi connectivity index (χ3n) is 5.26. The molecule has 2 aliphatic heterocycles. The summed E-state index contributed by atoms with van der Waals surface area (Å²) in [6.45, 7) is 1.08. The summed E-state index contributed by atoms with van der Waals surface area (Å²) in [5.74, 6) is -1.08. The van der Waals surface area contributed by atoms with Gasteiger partial charge in [-0.25, -0.2) is 4.79 Å². The number of hydrogen-bond donors (Lipinski definition) is 5. The van der Waals surface area contributed by atoms with Crippen molar-refractivity contribution in [1.82, 2.24) is 0 Å². The van der Waals surface area contributed by atoms with Gasteiger partial charge in [-0.3, -0.25) is 0 Å². The number of carbonyl (C=O) groups is 1. The first-order valence-electron chi connectivity index (χ1n) is 8.58. The fourth-order valence-electron chi connectivity index (χ4n) is 3.64. The minimum atomic E-state index is -1.59. The average Bonchev–Trinajstić information content (AvgIpc) is 2.96. The molecule has 8 unspecified atom stereocenters. The smallest absolute Gasteiger partial charge is 0.337 e. The summed E-state index contributed by atoms with van der Waals surface area (Å²) in [6, 6.07) is 0. The predicted molar refractivity (Wildman–Crippen MR) is 86.6 cm³/mol. The molecule has 2 heterocycles. The van der Waals surface area contributed by atoms with Crippen LogP contribution < -0.4 is 0 Å². The summed E-state index contributed by atoms with van der Waals surface area (Å²) in [6.07, 6.45) is -7.70. The fourth-order valence-corrected chi connectivity index (χ4v) is 3.64. The molecule has 8 atom stereocenters. The third-order valence-corrected chi connectivity index (χ3v) is 5.26. The summed E-state index contributed by atoms with van der Waals surface area (Å²) in [5.41, 5.74) is 1.29. The second kappa shape index (κ2) is 7.84. The Morgan fingerprint density at radius 1 is 1.22 bits per heavy atom. The summed E-state index contributed by atoms with van der Waals surface area (Å²) in [7, 11) is 1.24. The largest absolute Gasteiger partial charge is 0.468 e. The van der Waals surface area contributed by atoms with E-state index in [1.54, 1.807) is 6.92 Å². The molecular weight excluding hydrogens is 364 g/mol. The molecule has 1 saturated heterocycles. The molecule has 0 amide bonds. The Hall–Kier alpha value is -1.53. The first-order valence-corrected chi connectivity index (χ1v) is 8.58. The summed E-state index contributed by atoms with van der Waals surface area (Å²) >= 11 is 0. The molecule has 1 fully saturated rings. The molecule has 10 nitrogen and oxygen atoms in total. The van der Waals surface area contributed by atoms with Crippen molar-refractivity contribution < 1.29 is 49.3 Å². The quantitative estimate of drug-likeness (QED) is 0.267. The van der Waals surface area contributed by atoms with E-state index in [0.29, 0.717) is 11.1 Å². The highest BCUT2D eigenvalue weighted by atomic mass is 16.8. The molecule has 0 aromatic carbocycles. The lowest BCUT2D eigenvalue weighted by molar-refractivity contribution is -0.327. The monoisotopic (exact) mass is 388 g/mol. The van der Waals surface area contributed by atoms with Crippen molar-refractivity contribution in [2.45, 2.75) is 56.4 Å². The molecule has 152 valence electrons. The van der Waals surface area contributed by atoms with E-state index < -0.39 is 61.6 Å². The summed E-state index contributed by atoms with van der Waals surface area (Å²) in [4.78, 5) is 12.0. The van der Waals surface area contributed by atoms with E-state index in [1.807, 2.05) is 0 Å². The van der Waals surface area contributed by atoms with Crippen molar-refractivity contribution in [3.05, 3.63) is 23.0 Å². The van der Waals surface area contributed by atoms with Gasteiger partial charge in [0.05, 0.1) is 31.7 Å². The van der Waals surface area contributed by atoms with Gasteiger partial charge in [-0.1, -0.05) is 0 Å². The first kappa shape index (κ1) is 20.2. The first-order chi connectivity index (χ1) is 12.8. The van der Waals surface area contributed by atoms with Gasteiger partial charge < -0.3 is 44.5 Å². The van der Waals surface area contributed by atoms with E-state index in [4.69, 9.17) is 18.9 Å². The highest BCUT2D eigenvalue weighted by molar-refractivity contribution is 5.90. The van der Waals surface area contributed by atoms with E-state index in [0.717, 1.165) is 0 Å². The lowest BCUT2D eigenvalue weighted by atomic mass is 9.90. The maximum Gasteiger partial charge on any atom is 0.337 e. The van der Waals surface area contributed by atoms with Gasteiger partial charge in [-0.2, -0.15) is 0 Å². The van der Waals surface area contributed by atoms with Crippen molar-refractivity contribution in [1.29, 1.82) is 0 Å². The van der Waals surface area contributed by atoms with E-state index in [9.17, 15) is 30.3 Å². The number of carbonyl (C=O) groups excluding carboxylic acids is 1. The molecule has 0 bridgehead atoms. The molecule has 0 aromatic rings. The summed E-state index contributed by atoms with van der Waals surface area (Å²) < 4.78 is 21.2. The number of hydrogen-bond acceptors (Lipinski definition) is 10. The van der Waals surface area contributed by atoms with Crippen molar-refractivity contribution in [2.24, 2.45) is 5.92 Å². The fraction of sp³-hybridized carbons (Fsp3) is 0.706.